The summed E-state index contributed by atoms with van der Waals surface area (Å²) in [6, 6.07) is 5.31. The molecule has 1 aromatic carbocycles. The molecule has 0 aromatic heterocycles. The molecule has 0 aliphatic carbocycles. The van der Waals surface area contributed by atoms with Crippen LogP contribution in [-0.2, 0) is 0 Å². The molecule has 0 bridgehead atoms. The molecular weight excluding hydrogens is 318 g/mol. The topological polar surface area (TPSA) is 62.8 Å². The summed E-state index contributed by atoms with van der Waals surface area (Å²) >= 11 is 0. The van der Waals surface area contributed by atoms with Crippen LogP contribution in [0.2, 0.25) is 0 Å². The van der Waals surface area contributed by atoms with Crippen molar-refractivity contribution < 1.29 is 14.3 Å². The van der Waals surface area contributed by atoms with Gasteiger partial charge in [0.05, 0.1) is 13.2 Å². The Hall–Kier alpha value is -1.95. The molecule has 0 atom stereocenters. The van der Waals surface area contributed by atoms with Crippen LogP contribution < -0.4 is 20.1 Å². The van der Waals surface area contributed by atoms with Gasteiger partial charge in [0.2, 0.25) is 0 Å². The van der Waals surface area contributed by atoms with Gasteiger partial charge in [-0.3, -0.25) is 0 Å². The number of urea groups is 1. The van der Waals surface area contributed by atoms with E-state index in [0.29, 0.717) is 31.2 Å². The Morgan fingerprint density at radius 3 is 2.76 bits per heavy atom. The number of likely N-dealkylation sites (tertiary alicyclic amines) is 1. The van der Waals surface area contributed by atoms with Gasteiger partial charge in [0.15, 0.2) is 11.5 Å². The molecule has 138 valence electrons. The molecule has 2 heterocycles. The summed E-state index contributed by atoms with van der Waals surface area (Å²) in [5.41, 5.74) is 0.715. The molecule has 2 aliphatic heterocycles. The Labute approximate surface area is 149 Å². The van der Waals surface area contributed by atoms with Gasteiger partial charge in [0.25, 0.3) is 0 Å². The van der Waals surface area contributed by atoms with E-state index in [1.54, 1.807) is 0 Å². The monoisotopic (exact) mass is 347 g/mol. The van der Waals surface area contributed by atoms with E-state index in [9.17, 15) is 4.79 Å². The van der Waals surface area contributed by atoms with Crippen molar-refractivity contribution in [2.75, 3.05) is 44.7 Å². The van der Waals surface area contributed by atoms with E-state index in [2.05, 4.69) is 22.5 Å². The van der Waals surface area contributed by atoms with Crippen molar-refractivity contribution in [3.63, 3.8) is 0 Å². The van der Waals surface area contributed by atoms with Crippen molar-refractivity contribution in [3.8, 4) is 11.5 Å². The molecule has 1 aromatic rings. The number of carbonyl (C=O) groups is 1. The van der Waals surface area contributed by atoms with Gasteiger partial charge in [-0.2, -0.15) is 0 Å². The lowest BCUT2D eigenvalue weighted by molar-refractivity contribution is 0.190. The quantitative estimate of drug-likeness (QED) is 0.804. The Bertz CT molecular complexity index is 571. The van der Waals surface area contributed by atoms with E-state index in [1.807, 2.05) is 18.2 Å². The Morgan fingerprint density at radius 1 is 1.20 bits per heavy atom. The number of piperidine rings is 1. The number of nitrogens with zero attached hydrogens (tertiary/aromatic N) is 1. The first-order valence-electron chi connectivity index (χ1n) is 9.37. The van der Waals surface area contributed by atoms with E-state index in [-0.39, 0.29) is 6.03 Å². The number of anilines is 1. The number of fused-ring (bicyclic) bond motifs is 1. The molecule has 0 saturated carbocycles. The van der Waals surface area contributed by atoms with Crippen LogP contribution in [0.5, 0.6) is 11.5 Å². The highest BCUT2D eigenvalue weighted by Crippen LogP contribution is 2.32. The number of amides is 2. The Balaban J connectivity index is 1.37. The zero-order valence-corrected chi connectivity index (χ0v) is 15.1. The van der Waals surface area contributed by atoms with Crippen molar-refractivity contribution in [2.24, 2.45) is 5.92 Å². The van der Waals surface area contributed by atoms with E-state index >= 15 is 0 Å². The molecule has 0 radical (unpaired) electrons. The first-order valence-corrected chi connectivity index (χ1v) is 9.37. The van der Waals surface area contributed by atoms with Crippen LogP contribution in [0, 0.1) is 5.92 Å². The zero-order valence-electron chi connectivity index (χ0n) is 15.1. The first kappa shape index (κ1) is 17.9. The fraction of sp³-hybridized carbons (Fsp3) is 0.632. The molecule has 6 nitrogen and oxygen atoms in total. The molecule has 1 saturated heterocycles. The number of benzene rings is 1. The lowest BCUT2D eigenvalue weighted by Gasteiger charge is -2.30. The molecule has 2 aliphatic rings. The van der Waals surface area contributed by atoms with E-state index in [4.69, 9.17) is 9.47 Å². The smallest absolute Gasteiger partial charge is 0.319 e. The largest absolute Gasteiger partial charge is 0.490 e. The van der Waals surface area contributed by atoms with Crippen LogP contribution in [0.15, 0.2) is 18.2 Å². The number of hydrogen-bond acceptors (Lipinski definition) is 4. The number of hydrogen-bond donors (Lipinski definition) is 2. The second-order valence-electron chi connectivity index (χ2n) is 6.97. The van der Waals surface area contributed by atoms with Gasteiger partial charge in [-0.1, -0.05) is 6.92 Å². The van der Waals surface area contributed by atoms with Crippen LogP contribution in [0.25, 0.3) is 0 Å². The summed E-state index contributed by atoms with van der Waals surface area (Å²) in [7, 11) is 0. The number of ether oxygens (including phenoxy) is 2. The van der Waals surface area contributed by atoms with Gasteiger partial charge >= 0.3 is 6.03 Å². The average molecular weight is 347 g/mol. The van der Waals surface area contributed by atoms with Crippen molar-refractivity contribution >= 4 is 11.7 Å². The van der Waals surface area contributed by atoms with Crippen molar-refractivity contribution in [1.82, 2.24) is 10.2 Å². The third-order valence-electron chi connectivity index (χ3n) is 4.82. The maximum absolute atomic E-state index is 12.0. The van der Waals surface area contributed by atoms with Crippen LogP contribution >= 0.6 is 0 Å². The minimum Gasteiger partial charge on any atom is -0.490 e. The molecule has 3 rings (SSSR count). The molecule has 2 N–H and O–H groups in total. The van der Waals surface area contributed by atoms with E-state index in [0.717, 1.165) is 31.1 Å². The predicted molar refractivity (Wildman–Crippen MR) is 98.5 cm³/mol. The molecule has 6 heteroatoms. The van der Waals surface area contributed by atoms with Crippen molar-refractivity contribution in [1.29, 1.82) is 0 Å². The summed E-state index contributed by atoms with van der Waals surface area (Å²) in [6.45, 7) is 7.73. The van der Waals surface area contributed by atoms with Gasteiger partial charge in [0, 0.05) is 24.7 Å². The molecule has 0 spiro atoms. The normalized spacial score (nSPS) is 18.4. The molecule has 25 heavy (non-hydrogen) atoms. The standard InChI is InChI=1S/C19H29N3O3/c1-15-6-10-22(11-7-15)9-2-8-20-19(23)21-16-4-5-17-18(14-16)25-13-3-12-24-17/h4-5,14-15H,2-3,6-13H2,1H3,(H2,20,21,23). The summed E-state index contributed by atoms with van der Waals surface area (Å²) in [4.78, 5) is 14.5. The summed E-state index contributed by atoms with van der Waals surface area (Å²) in [6.07, 6.45) is 4.42. The fourth-order valence-corrected chi connectivity index (χ4v) is 3.21. The second kappa shape index (κ2) is 8.94. The molecular formula is C19H29N3O3. The maximum atomic E-state index is 12.0. The average Bonchev–Trinajstić information content (AvgIpc) is 2.85. The molecule has 1 fully saturated rings. The third kappa shape index (κ3) is 5.53. The highest BCUT2D eigenvalue weighted by atomic mass is 16.5. The molecule has 0 unspecified atom stereocenters. The highest BCUT2D eigenvalue weighted by Gasteiger charge is 2.15. The van der Waals surface area contributed by atoms with Gasteiger partial charge in [-0.15, -0.1) is 0 Å². The van der Waals surface area contributed by atoms with Gasteiger partial charge in [0.1, 0.15) is 0 Å². The fourth-order valence-electron chi connectivity index (χ4n) is 3.21. The van der Waals surface area contributed by atoms with Crippen LogP contribution in [0.4, 0.5) is 10.5 Å². The zero-order chi connectivity index (χ0) is 17.5. The van der Waals surface area contributed by atoms with Crippen LogP contribution in [0.3, 0.4) is 0 Å². The van der Waals surface area contributed by atoms with Gasteiger partial charge in [-0.25, -0.2) is 4.79 Å². The summed E-state index contributed by atoms with van der Waals surface area (Å²) in [5, 5.41) is 5.78. The predicted octanol–water partition coefficient (Wildman–Crippen LogP) is 3.09. The van der Waals surface area contributed by atoms with Crippen molar-refractivity contribution in [2.45, 2.75) is 32.6 Å². The lowest BCUT2D eigenvalue weighted by atomic mass is 9.99. The lowest BCUT2D eigenvalue weighted by Crippen LogP contribution is -2.36. The SMILES string of the molecule is CC1CCN(CCCNC(=O)Nc2ccc3c(c2)OCCCO3)CC1. The summed E-state index contributed by atoms with van der Waals surface area (Å²) in [5.74, 6) is 2.28. The number of nitrogens with one attached hydrogen (secondary N) is 2. The summed E-state index contributed by atoms with van der Waals surface area (Å²) < 4.78 is 11.2. The highest BCUT2D eigenvalue weighted by molar-refractivity contribution is 5.89. The first-order chi connectivity index (χ1) is 12.2. The van der Waals surface area contributed by atoms with Gasteiger partial charge < -0.3 is 25.0 Å². The number of carbonyl (C=O) groups excluding carboxylic acids is 1. The minimum atomic E-state index is -0.179. The Kier molecular flexibility index (Phi) is 6.39. The minimum absolute atomic E-state index is 0.179. The molecule has 2 amide bonds. The number of rotatable bonds is 5. The third-order valence-corrected chi connectivity index (χ3v) is 4.82. The van der Waals surface area contributed by atoms with Crippen LogP contribution in [-0.4, -0.2) is 50.3 Å². The second-order valence-corrected chi connectivity index (χ2v) is 6.97. The van der Waals surface area contributed by atoms with Crippen molar-refractivity contribution in [3.05, 3.63) is 18.2 Å². The Morgan fingerprint density at radius 2 is 1.96 bits per heavy atom. The van der Waals surface area contributed by atoms with E-state index < -0.39 is 0 Å². The maximum Gasteiger partial charge on any atom is 0.319 e. The van der Waals surface area contributed by atoms with Gasteiger partial charge in [-0.05, 0) is 56.9 Å². The van der Waals surface area contributed by atoms with Crippen LogP contribution in [0.1, 0.15) is 32.6 Å². The van der Waals surface area contributed by atoms with E-state index in [1.165, 1.54) is 25.9 Å².